The second-order valence-corrected chi connectivity index (χ2v) is 3.72. The number of aromatic nitrogens is 2. The van der Waals surface area contributed by atoms with Crippen molar-refractivity contribution >= 4 is 11.9 Å². The highest BCUT2D eigenvalue weighted by molar-refractivity contribution is 5.72. The van der Waals surface area contributed by atoms with E-state index in [9.17, 15) is 4.79 Å². The number of carbonyl (C=O) groups is 1. The lowest BCUT2D eigenvalue weighted by molar-refractivity contribution is -0.141. The summed E-state index contributed by atoms with van der Waals surface area (Å²) in [5.74, 6) is -0.427. The van der Waals surface area contributed by atoms with E-state index in [0.717, 1.165) is 0 Å². The molecule has 5 nitrogen and oxygen atoms in total. The van der Waals surface area contributed by atoms with E-state index >= 15 is 0 Å². The average molecular weight is 207 g/mol. The molecule has 2 unspecified atom stereocenters. The standard InChI is InChI=1S/C10H13N3O2/c1-7-8(9(14)15)3-6-13(7)10-11-4-2-5-12-10/h2,4-5,7-8H,3,6H2,1H3,(H,14,15). The zero-order valence-corrected chi connectivity index (χ0v) is 8.50. The van der Waals surface area contributed by atoms with Crippen LogP contribution in [0.15, 0.2) is 18.5 Å². The average Bonchev–Trinajstić information content (AvgIpc) is 2.61. The van der Waals surface area contributed by atoms with Crippen LogP contribution in [-0.2, 0) is 4.79 Å². The van der Waals surface area contributed by atoms with Gasteiger partial charge in [0, 0.05) is 25.0 Å². The third kappa shape index (κ3) is 1.77. The van der Waals surface area contributed by atoms with Crippen molar-refractivity contribution in [2.24, 2.45) is 5.92 Å². The maximum atomic E-state index is 10.9. The van der Waals surface area contributed by atoms with Gasteiger partial charge in [0.15, 0.2) is 0 Å². The predicted molar refractivity (Wildman–Crippen MR) is 54.6 cm³/mol. The van der Waals surface area contributed by atoms with Crippen molar-refractivity contribution in [3.63, 3.8) is 0 Å². The largest absolute Gasteiger partial charge is 0.481 e. The Labute approximate surface area is 87.8 Å². The molecule has 1 saturated heterocycles. The van der Waals surface area contributed by atoms with Gasteiger partial charge in [-0.1, -0.05) is 0 Å². The fourth-order valence-corrected chi connectivity index (χ4v) is 1.99. The van der Waals surface area contributed by atoms with E-state index in [-0.39, 0.29) is 12.0 Å². The van der Waals surface area contributed by atoms with Crippen molar-refractivity contribution in [2.75, 3.05) is 11.4 Å². The van der Waals surface area contributed by atoms with Crippen molar-refractivity contribution in [2.45, 2.75) is 19.4 Å². The number of carboxylic acids is 1. The fourth-order valence-electron chi connectivity index (χ4n) is 1.99. The summed E-state index contributed by atoms with van der Waals surface area (Å²) in [6, 6.07) is 1.71. The summed E-state index contributed by atoms with van der Waals surface area (Å²) in [6.45, 7) is 2.62. The second-order valence-electron chi connectivity index (χ2n) is 3.72. The molecule has 2 atom stereocenters. The summed E-state index contributed by atoms with van der Waals surface area (Å²) in [6.07, 6.45) is 4.00. The smallest absolute Gasteiger partial charge is 0.308 e. The zero-order chi connectivity index (χ0) is 10.8. The van der Waals surface area contributed by atoms with Crippen molar-refractivity contribution in [1.29, 1.82) is 0 Å². The molecule has 0 aliphatic carbocycles. The van der Waals surface area contributed by atoms with E-state index in [2.05, 4.69) is 9.97 Å². The Balaban J connectivity index is 2.17. The van der Waals surface area contributed by atoms with Gasteiger partial charge in [0.05, 0.1) is 5.92 Å². The van der Waals surface area contributed by atoms with Gasteiger partial charge in [0.2, 0.25) is 5.95 Å². The number of nitrogens with zero attached hydrogens (tertiary/aromatic N) is 3. The van der Waals surface area contributed by atoms with Crippen molar-refractivity contribution < 1.29 is 9.90 Å². The van der Waals surface area contributed by atoms with Gasteiger partial charge in [-0.2, -0.15) is 0 Å². The lowest BCUT2D eigenvalue weighted by Gasteiger charge is -2.22. The van der Waals surface area contributed by atoms with Gasteiger partial charge < -0.3 is 10.0 Å². The Morgan fingerprint density at radius 1 is 1.53 bits per heavy atom. The minimum Gasteiger partial charge on any atom is -0.481 e. The molecular formula is C10H13N3O2. The first-order chi connectivity index (χ1) is 7.20. The van der Waals surface area contributed by atoms with Crippen LogP contribution in [0.2, 0.25) is 0 Å². The van der Waals surface area contributed by atoms with Gasteiger partial charge in [-0.15, -0.1) is 0 Å². The van der Waals surface area contributed by atoms with Gasteiger partial charge in [0.1, 0.15) is 0 Å². The molecule has 1 fully saturated rings. The van der Waals surface area contributed by atoms with E-state index in [1.165, 1.54) is 0 Å². The van der Waals surface area contributed by atoms with E-state index in [4.69, 9.17) is 5.11 Å². The quantitative estimate of drug-likeness (QED) is 0.776. The number of aliphatic carboxylic acids is 1. The Bertz CT molecular complexity index is 355. The molecule has 0 radical (unpaired) electrons. The normalized spacial score (nSPS) is 25.5. The summed E-state index contributed by atoms with van der Waals surface area (Å²) < 4.78 is 0. The van der Waals surface area contributed by atoms with E-state index in [1.807, 2.05) is 11.8 Å². The minimum absolute atomic E-state index is 0.0371. The number of carboxylic acid groups (broad SMARTS) is 1. The molecule has 2 heterocycles. The van der Waals surface area contributed by atoms with Crippen molar-refractivity contribution in [1.82, 2.24) is 9.97 Å². The van der Waals surface area contributed by atoms with Gasteiger partial charge in [-0.3, -0.25) is 4.79 Å². The van der Waals surface area contributed by atoms with Gasteiger partial charge in [-0.25, -0.2) is 9.97 Å². The Kier molecular flexibility index (Phi) is 2.53. The van der Waals surface area contributed by atoms with Crippen LogP contribution in [0.1, 0.15) is 13.3 Å². The molecule has 2 rings (SSSR count). The van der Waals surface area contributed by atoms with Gasteiger partial charge in [0.25, 0.3) is 0 Å². The molecule has 0 bridgehead atoms. The van der Waals surface area contributed by atoms with E-state index in [0.29, 0.717) is 18.9 Å². The van der Waals surface area contributed by atoms with Gasteiger partial charge in [-0.05, 0) is 19.4 Å². The molecule has 0 amide bonds. The molecule has 5 heteroatoms. The van der Waals surface area contributed by atoms with Crippen LogP contribution in [0.4, 0.5) is 5.95 Å². The van der Waals surface area contributed by atoms with Gasteiger partial charge >= 0.3 is 5.97 Å². The number of hydrogen-bond acceptors (Lipinski definition) is 4. The summed E-state index contributed by atoms with van der Waals surface area (Å²) in [7, 11) is 0. The fraction of sp³-hybridized carbons (Fsp3) is 0.500. The minimum atomic E-state index is -0.735. The number of hydrogen-bond donors (Lipinski definition) is 1. The Hall–Kier alpha value is -1.65. The molecule has 1 aliphatic rings. The molecule has 1 aliphatic heterocycles. The van der Waals surface area contributed by atoms with Crippen LogP contribution < -0.4 is 4.90 Å². The zero-order valence-electron chi connectivity index (χ0n) is 8.50. The molecule has 1 aromatic heterocycles. The first-order valence-corrected chi connectivity index (χ1v) is 4.96. The summed E-state index contributed by atoms with van der Waals surface area (Å²) in [5, 5.41) is 8.98. The van der Waals surface area contributed by atoms with Crippen LogP contribution in [-0.4, -0.2) is 33.6 Å². The van der Waals surface area contributed by atoms with E-state index < -0.39 is 5.97 Å². The molecule has 0 aromatic carbocycles. The maximum absolute atomic E-state index is 10.9. The van der Waals surface area contributed by atoms with Crippen LogP contribution in [0.25, 0.3) is 0 Å². The number of rotatable bonds is 2. The number of anilines is 1. The SMILES string of the molecule is CC1C(C(=O)O)CCN1c1ncccn1. The van der Waals surface area contributed by atoms with Crippen LogP contribution in [0.5, 0.6) is 0 Å². The Morgan fingerprint density at radius 3 is 2.73 bits per heavy atom. The third-order valence-electron chi connectivity index (χ3n) is 2.88. The lowest BCUT2D eigenvalue weighted by atomic mass is 10.0. The summed E-state index contributed by atoms with van der Waals surface area (Å²) in [5.41, 5.74) is 0. The third-order valence-corrected chi connectivity index (χ3v) is 2.88. The summed E-state index contributed by atoms with van der Waals surface area (Å²) in [4.78, 5) is 21.1. The maximum Gasteiger partial charge on any atom is 0.308 e. The monoisotopic (exact) mass is 207 g/mol. The highest BCUT2D eigenvalue weighted by atomic mass is 16.4. The van der Waals surface area contributed by atoms with Crippen molar-refractivity contribution in [3.05, 3.63) is 18.5 Å². The molecular weight excluding hydrogens is 194 g/mol. The first-order valence-electron chi connectivity index (χ1n) is 4.96. The molecule has 15 heavy (non-hydrogen) atoms. The molecule has 1 aromatic rings. The lowest BCUT2D eigenvalue weighted by Crippen LogP contribution is -2.33. The van der Waals surface area contributed by atoms with Crippen LogP contribution in [0, 0.1) is 5.92 Å². The van der Waals surface area contributed by atoms with Crippen LogP contribution in [0.3, 0.4) is 0 Å². The topological polar surface area (TPSA) is 66.3 Å². The second kappa shape index (κ2) is 3.84. The molecule has 80 valence electrons. The predicted octanol–water partition coefficient (Wildman–Crippen LogP) is 0.776. The molecule has 0 saturated carbocycles. The van der Waals surface area contributed by atoms with Crippen molar-refractivity contribution in [3.8, 4) is 0 Å². The first kappa shape index (κ1) is 9.89. The summed E-state index contributed by atoms with van der Waals surface area (Å²) >= 11 is 0. The molecule has 0 spiro atoms. The molecule has 1 N–H and O–H groups in total. The highest BCUT2D eigenvalue weighted by Crippen LogP contribution is 2.26. The highest BCUT2D eigenvalue weighted by Gasteiger charge is 2.36. The van der Waals surface area contributed by atoms with E-state index in [1.54, 1.807) is 18.5 Å². The van der Waals surface area contributed by atoms with Crippen LogP contribution >= 0.6 is 0 Å². The Morgan fingerprint density at radius 2 is 2.20 bits per heavy atom.